The lowest BCUT2D eigenvalue weighted by Gasteiger charge is -2.38. The van der Waals surface area contributed by atoms with Gasteiger partial charge in [0.05, 0.1) is 15.6 Å². The zero-order chi connectivity index (χ0) is 13.3. The van der Waals surface area contributed by atoms with Gasteiger partial charge in [-0.1, -0.05) is 35.3 Å². The molecule has 17 heavy (non-hydrogen) atoms. The molecular weight excluding hydrogens is 257 g/mol. The van der Waals surface area contributed by atoms with Gasteiger partial charge in [-0.05, 0) is 39.3 Å². The van der Waals surface area contributed by atoms with E-state index in [0.717, 1.165) is 5.56 Å². The van der Waals surface area contributed by atoms with E-state index in [1.165, 1.54) is 0 Å². The molecular formula is C13H19Cl2NO. The summed E-state index contributed by atoms with van der Waals surface area (Å²) in [5.41, 5.74) is -0.312. The molecule has 0 heterocycles. The Morgan fingerprint density at radius 1 is 1.18 bits per heavy atom. The minimum Gasteiger partial charge on any atom is -0.389 e. The van der Waals surface area contributed by atoms with Crippen LogP contribution in [0.5, 0.6) is 0 Å². The lowest BCUT2D eigenvalue weighted by atomic mass is 9.86. The summed E-state index contributed by atoms with van der Waals surface area (Å²) in [4.78, 5) is 0. The van der Waals surface area contributed by atoms with Gasteiger partial charge in [0.1, 0.15) is 0 Å². The second-order valence-corrected chi connectivity index (χ2v) is 6.04. The topological polar surface area (TPSA) is 32.3 Å². The molecule has 0 amide bonds. The highest BCUT2D eigenvalue weighted by atomic mass is 35.5. The fraction of sp³-hybridized carbons (Fsp3) is 0.538. The van der Waals surface area contributed by atoms with Gasteiger partial charge in [-0.15, -0.1) is 0 Å². The van der Waals surface area contributed by atoms with Crippen LogP contribution >= 0.6 is 23.2 Å². The fourth-order valence-electron chi connectivity index (χ4n) is 1.22. The molecule has 0 aliphatic carbocycles. The van der Waals surface area contributed by atoms with Gasteiger partial charge in [-0.2, -0.15) is 0 Å². The van der Waals surface area contributed by atoms with Crippen molar-refractivity contribution in [2.75, 3.05) is 0 Å². The molecule has 96 valence electrons. The Balaban J connectivity index is 2.78. The number of rotatable bonds is 4. The molecule has 0 saturated carbocycles. The number of benzene rings is 1. The Bertz CT molecular complexity index is 397. The third-order valence-electron chi connectivity index (χ3n) is 3.28. The van der Waals surface area contributed by atoms with Gasteiger partial charge in [0, 0.05) is 12.1 Å². The smallest absolute Gasteiger partial charge is 0.0767 e. The van der Waals surface area contributed by atoms with E-state index in [0.29, 0.717) is 16.6 Å². The molecule has 0 atom stereocenters. The number of aliphatic hydroxyl groups is 1. The lowest BCUT2D eigenvalue weighted by Crippen LogP contribution is -2.55. The summed E-state index contributed by atoms with van der Waals surface area (Å²) >= 11 is 12.0. The van der Waals surface area contributed by atoms with Crippen LogP contribution in [-0.4, -0.2) is 16.2 Å². The highest BCUT2D eigenvalue weighted by Crippen LogP contribution is 2.27. The maximum absolute atomic E-state index is 10.0. The molecule has 0 aliphatic rings. The van der Waals surface area contributed by atoms with Gasteiger partial charge >= 0.3 is 0 Å². The summed E-state index contributed by atoms with van der Waals surface area (Å²) in [6.45, 7) is 8.02. The van der Waals surface area contributed by atoms with Crippen molar-refractivity contribution in [3.05, 3.63) is 33.8 Å². The zero-order valence-corrected chi connectivity index (χ0v) is 12.2. The predicted octanol–water partition coefficient (Wildman–Crippen LogP) is 3.63. The molecule has 4 heteroatoms. The standard InChI is InChI=1S/C13H19Cl2NO/c1-12(2,13(3,4)17)16-8-9-6-5-7-10(14)11(9)15/h5-7,16-17H,8H2,1-4H3. The molecule has 2 N–H and O–H groups in total. The van der Waals surface area contributed by atoms with Gasteiger partial charge in [0.25, 0.3) is 0 Å². The van der Waals surface area contributed by atoms with Gasteiger partial charge in [0.15, 0.2) is 0 Å². The average molecular weight is 276 g/mol. The fourth-order valence-corrected chi connectivity index (χ4v) is 1.60. The summed E-state index contributed by atoms with van der Waals surface area (Å²) in [5, 5.41) is 14.4. The van der Waals surface area contributed by atoms with Crippen molar-refractivity contribution in [1.82, 2.24) is 5.32 Å². The first-order valence-corrected chi connectivity index (χ1v) is 6.31. The van der Waals surface area contributed by atoms with E-state index in [4.69, 9.17) is 23.2 Å². The molecule has 0 bridgehead atoms. The summed E-state index contributed by atoms with van der Waals surface area (Å²) < 4.78 is 0. The molecule has 0 fully saturated rings. The van der Waals surface area contributed by atoms with Crippen LogP contribution in [-0.2, 0) is 6.54 Å². The average Bonchev–Trinajstić information content (AvgIpc) is 2.18. The largest absolute Gasteiger partial charge is 0.389 e. The SMILES string of the molecule is CC(C)(O)C(C)(C)NCc1cccc(Cl)c1Cl. The van der Waals surface area contributed by atoms with Crippen LogP contribution in [0.2, 0.25) is 10.0 Å². The van der Waals surface area contributed by atoms with Crippen LogP contribution in [0.1, 0.15) is 33.3 Å². The lowest BCUT2D eigenvalue weighted by molar-refractivity contribution is -0.00531. The van der Waals surface area contributed by atoms with Crippen LogP contribution in [0.15, 0.2) is 18.2 Å². The molecule has 1 rings (SSSR count). The molecule has 1 aromatic rings. The van der Waals surface area contributed by atoms with E-state index < -0.39 is 11.1 Å². The van der Waals surface area contributed by atoms with E-state index in [1.54, 1.807) is 19.9 Å². The summed E-state index contributed by atoms with van der Waals surface area (Å²) in [6, 6.07) is 5.54. The number of hydrogen-bond donors (Lipinski definition) is 2. The third kappa shape index (κ3) is 3.59. The van der Waals surface area contributed by atoms with Gasteiger partial charge in [-0.25, -0.2) is 0 Å². The first-order chi connectivity index (χ1) is 7.65. The highest BCUT2D eigenvalue weighted by Gasteiger charge is 2.34. The van der Waals surface area contributed by atoms with E-state index in [1.807, 2.05) is 26.0 Å². The number of halogens is 2. The van der Waals surface area contributed by atoms with Crippen molar-refractivity contribution in [3.63, 3.8) is 0 Å². The molecule has 0 aliphatic heterocycles. The van der Waals surface area contributed by atoms with E-state index >= 15 is 0 Å². The summed E-state index contributed by atoms with van der Waals surface area (Å²) in [7, 11) is 0. The maximum atomic E-state index is 10.0. The molecule has 1 aromatic carbocycles. The zero-order valence-electron chi connectivity index (χ0n) is 10.6. The van der Waals surface area contributed by atoms with Gasteiger partial charge in [-0.3, -0.25) is 0 Å². The third-order valence-corrected chi connectivity index (χ3v) is 4.14. The Hall–Kier alpha value is -0.280. The molecule has 0 radical (unpaired) electrons. The minimum absolute atomic E-state index is 0.418. The predicted molar refractivity (Wildman–Crippen MR) is 73.7 cm³/mol. The quantitative estimate of drug-likeness (QED) is 0.880. The normalized spacial score (nSPS) is 12.9. The summed E-state index contributed by atoms with van der Waals surface area (Å²) in [6.07, 6.45) is 0. The highest BCUT2D eigenvalue weighted by molar-refractivity contribution is 6.42. The Morgan fingerprint density at radius 2 is 1.76 bits per heavy atom. The molecule has 0 spiro atoms. The summed E-state index contributed by atoms with van der Waals surface area (Å²) in [5.74, 6) is 0. The maximum Gasteiger partial charge on any atom is 0.0767 e. The van der Waals surface area contributed by atoms with Gasteiger partial charge in [0.2, 0.25) is 0 Å². The Kier molecular flexibility index (Phi) is 4.48. The van der Waals surface area contributed by atoms with Crippen LogP contribution < -0.4 is 5.32 Å². The van der Waals surface area contributed by atoms with Crippen LogP contribution in [0, 0.1) is 0 Å². The van der Waals surface area contributed by atoms with Crippen molar-refractivity contribution in [2.45, 2.75) is 45.4 Å². The Labute approximate surface area is 113 Å². The molecule has 0 saturated heterocycles. The van der Waals surface area contributed by atoms with Crippen molar-refractivity contribution >= 4 is 23.2 Å². The van der Waals surface area contributed by atoms with E-state index in [-0.39, 0.29) is 0 Å². The molecule has 0 aromatic heterocycles. The molecule has 0 unspecified atom stereocenters. The molecule has 2 nitrogen and oxygen atoms in total. The second kappa shape index (κ2) is 5.15. The second-order valence-electron chi connectivity index (χ2n) is 5.25. The number of hydrogen-bond acceptors (Lipinski definition) is 2. The Morgan fingerprint density at radius 3 is 2.29 bits per heavy atom. The minimum atomic E-state index is -0.821. The monoisotopic (exact) mass is 275 g/mol. The van der Waals surface area contributed by atoms with Crippen molar-refractivity contribution in [3.8, 4) is 0 Å². The van der Waals surface area contributed by atoms with Crippen LogP contribution in [0.4, 0.5) is 0 Å². The van der Waals surface area contributed by atoms with Crippen LogP contribution in [0.3, 0.4) is 0 Å². The van der Waals surface area contributed by atoms with E-state index in [2.05, 4.69) is 5.32 Å². The first kappa shape index (κ1) is 14.8. The number of nitrogens with one attached hydrogen (secondary N) is 1. The van der Waals surface area contributed by atoms with Crippen molar-refractivity contribution in [1.29, 1.82) is 0 Å². The van der Waals surface area contributed by atoms with Crippen molar-refractivity contribution < 1.29 is 5.11 Å². The van der Waals surface area contributed by atoms with Crippen molar-refractivity contribution in [2.24, 2.45) is 0 Å². The van der Waals surface area contributed by atoms with E-state index in [9.17, 15) is 5.11 Å². The van der Waals surface area contributed by atoms with Crippen LogP contribution in [0.25, 0.3) is 0 Å². The van der Waals surface area contributed by atoms with Gasteiger partial charge < -0.3 is 10.4 Å². The first-order valence-electron chi connectivity index (χ1n) is 5.55.